The summed E-state index contributed by atoms with van der Waals surface area (Å²) in [5, 5.41) is 14.6. The molecule has 1 aromatic heterocycles. The van der Waals surface area contributed by atoms with Gasteiger partial charge in [0.05, 0.1) is 18.1 Å². The zero-order valence-electron chi connectivity index (χ0n) is 15.1. The van der Waals surface area contributed by atoms with Crippen molar-refractivity contribution in [2.75, 3.05) is 11.9 Å². The minimum atomic E-state index is -0.633. The monoisotopic (exact) mass is 361 g/mol. The highest BCUT2D eigenvalue weighted by Gasteiger charge is 2.17. The van der Waals surface area contributed by atoms with Crippen LogP contribution in [0.2, 0.25) is 0 Å². The van der Waals surface area contributed by atoms with Crippen LogP contribution in [0.1, 0.15) is 51.1 Å². The quantitative estimate of drug-likeness (QED) is 0.319. The van der Waals surface area contributed by atoms with E-state index in [-0.39, 0.29) is 11.9 Å². The van der Waals surface area contributed by atoms with Crippen LogP contribution in [0.15, 0.2) is 18.5 Å². The molecule has 2 rings (SSSR count). The number of aromatic nitrogens is 2. The van der Waals surface area contributed by atoms with Gasteiger partial charge in [-0.05, 0) is 31.8 Å². The van der Waals surface area contributed by atoms with Crippen LogP contribution in [-0.4, -0.2) is 39.6 Å². The molecule has 8 nitrogen and oxygen atoms in total. The van der Waals surface area contributed by atoms with Crippen LogP contribution in [-0.2, 0) is 9.59 Å². The molecular formula is C18H27N5O3. The number of hydroxylamine groups is 1. The highest BCUT2D eigenvalue weighted by molar-refractivity contribution is 5.90. The molecule has 1 atom stereocenters. The van der Waals surface area contributed by atoms with E-state index in [1.54, 1.807) is 6.20 Å². The summed E-state index contributed by atoms with van der Waals surface area (Å²) in [6.07, 6.45) is 12.4. The minimum absolute atomic E-state index is 0.0150. The summed E-state index contributed by atoms with van der Waals surface area (Å²) in [6, 6.07) is 0.0150. The van der Waals surface area contributed by atoms with E-state index >= 15 is 0 Å². The molecule has 26 heavy (non-hydrogen) atoms. The highest BCUT2D eigenvalue weighted by Crippen LogP contribution is 2.25. The Morgan fingerprint density at radius 2 is 2.04 bits per heavy atom. The molecular weight excluding hydrogens is 334 g/mol. The van der Waals surface area contributed by atoms with E-state index in [0.29, 0.717) is 30.4 Å². The molecule has 4 N–H and O–H groups in total. The van der Waals surface area contributed by atoms with Gasteiger partial charge in [0.25, 0.3) is 5.91 Å². The molecule has 0 unspecified atom stereocenters. The van der Waals surface area contributed by atoms with Gasteiger partial charge in [-0.25, -0.2) is 10.5 Å². The molecule has 0 bridgehead atoms. The van der Waals surface area contributed by atoms with Crippen molar-refractivity contribution in [1.82, 2.24) is 20.8 Å². The van der Waals surface area contributed by atoms with E-state index in [0.717, 1.165) is 18.9 Å². The molecule has 1 aliphatic carbocycles. The molecule has 0 radical (unpaired) electrons. The SMILES string of the molecule is C[C@H](CNC(=O)CC1CCCCC1)Nc1cnc(C=CC(=O)NO)cn1. The molecule has 1 fully saturated rings. The number of rotatable bonds is 8. The maximum absolute atomic E-state index is 12.0. The lowest BCUT2D eigenvalue weighted by atomic mass is 9.87. The number of hydrogen-bond donors (Lipinski definition) is 4. The van der Waals surface area contributed by atoms with E-state index in [4.69, 9.17) is 5.21 Å². The fraction of sp³-hybridized carbons (Fsp3) is 0.556. The number of carbonyl (C=O) groups is 2. The van der Waals surface area contributed by atoms with Gasteiger partial charge in [0, 0.05) is 25.1 Å². The first-order valence-corrected chi connectivity index (χ1v) is 9.04. The molecule has 0 spiro atoms. The van der Waals surface area contributed by atoms with Gasteiger partial charge >= 0.3 is 0 Å². The third kappa shape index (κ3) is 7.18. The predicted molar refractivity (Wildman–Crippen MR) is 98.3 cm³/mol. The molecule has 0 aliphatic heterocycles. The minimum Gasteiger partial charge on any atom is -0.365 e. The number of amides is 2. The van der Waals surface area contributed by atoms with Crippen molar-refractivity contribution >= 4 is 23.7 Å². The van der Waals surface area contributed by atoms with Crippen molar-refractivity contribution in [2.24, 2.45) is 5.92 Å². The summed E-state index contributed by atoms with van der Waals surface area (Å²) in [5.41, 5.74) is 1.99. The number of nitrogens with zero attached hydrogens (tertiary/aromatic N) is 2. The zero-order valence-corrected chi connectivity index (χ0v) is 15.1. The molecule has 1 heterocycles. The molecule has 8 heteroatoms. The Hall–Kier alpha value is -2.48. The fourth-order valence-electron chi connectivity index (χ4n) is 2.99. The van der Waals surface area contributed by atoms with Crippen molar-refractivity contribution in [3.63, 3.8) is 0 Å². The van der Waals surface area contributed by atoms with Crippen LogP contribution in [0.5, 0.6) is 0 Å². The first kappa shape index (κ1) is 19.8. The Morgan fingerprint density at radius 1 is 1.27 bits per heavy atom. The smallest absolute Gasteiger partial charge is 0.267 e. The summed E-state index contributed by atoms with van der Waals surface area (Å²) >= 11 is 0. The van der Waals surface area contributed by atoms with E-state index in [1.807, 2.05) is 6.92 Å². The highest BCUT2D eigenvalue weighted by atomic mass is 16.5. The normalized spacial score (nSPS) is 16.2. The van der Waals surface area contributed by atoms with Gasteiger partial charge in [0.1, 0.15) is 5.82 Å². The summed E-state index contributed by atoms with van der Waals surface area (Å²) < 4.78 is 0. The fourth-order valence-corrected chi connectivity index (χ4v) is 2.99. The number of carbonyl (C=O) groups excluding carboxylic acids is 2. The van der Waals surface area contributed by atoms with E-state index < -0.39 is 5.91 Å². The van der Waals surface area contributed by atoms with Crippen LogP contribution in [0.3, 0.4) is 0 Å². The number of anilines is 1. The van der Waals surface area contributed by atoms with Crippen LogP contribution in [0.25, 0.3) is 6.08 Å². The van der Waals surface area contributed by atoms with Gasteiger partial charge in [-0.3, -0.25) is 19.8 Å². The average Bonchev–Trinajstić information content (AvgIpc) is 2.66. The lowest BCUT2D eigenvalue weighted by Crippen LogP contribution is -2.35. The van der Waals surface area contributed by atoms with Gasteiger partial charge in [-0.1, -0.05) is 19.3 Å². The molecule has 142 valence electrons. The number of nitrogens with one attached hydrogen (secondary N) is 3. The molecule has 1 saturated carbocycles. The Balaban J connectivity index is 1.71. The van der Waals surface area contributed by atoms with E-state index in [1.165, 1.54) is 37.0 Å². The second-order valence-corrected chi connectivity index (χ2v) is 6.69. The first-order valence-electron chi connectivity index (χ1n) is 9.04. The Labute approximate surface area is 153 Å². The standard InChI is InChI=1S/C18H27N5O3/c1-13(10-21-18(25)9-14-5-3-2-4-6-14)22-16-12-19-15(11-20-16)7-8-17(24)23-26/h7-8,11-14,26H,2-6,9-10H2,1H3,(H,20,22)(H,21,25)(H,23,24)/t13-/m1/s1. The van der Waals surface area contributed by atoms with Gasteiger partial charge < -0.3 is 10.6 Å². The van der Waals surface area contributed by atoms with Crippen molar-refractivity contribution < 1.29 is 14.8 Å². The van der Waals surface area contributed by atoms with Crippen LogP contribution < -0.4 is 16.1 Å². The summed E-state index contributed by atoms with van der Waals surface area (Å²) in [5.74, 6) is 0.597. The van der Waals surface area contributed by atoms with Gasteiger partial charge in [0.15, 0.2) is 0 Å². The number of hydrogen-bond acceptors (Lipinski definition) is 6. The van der Waals surface area contributed by atoms with Crippen LogP contribution in [0.4, 0.5) is 5.82 Å². The summed E-state index contributed by atoms with van der Waals surface area (Å²) in [4.78, 5) is 31.3. The van der Waals surface area contributed by atoms with Crippen molar-refractivity contribution in [3.05, 3.63) is 24.2 Å². The van der Waals surface area contributed by atoms with Crippen molar-refractivity contribution in [2.45, 2.75) is 51.5 Å². The van der Waals surface area contributed by atoms with Crippen LogP contribution in [0, 0.1) is 5.92 Å². The molecule has 1 aliphatic rings. The largest absolute Gasteiger partial charge is 0.365 e. The topological polar surface area (TPSA) is 116 Å². The van der Waals surface area contributed by atoms with Gasteiger partial charge in [-0.2, -0.15) is 0 Å². The Kier molecular flexibility index (Phi) is 8.01. The Bertz CT molecular complexity index is 612. The third-order valence-corrected chi connectivity index (χ3v) is 4.39. The molecule has 0 saturated heterocycles. The van der Waals surface area contributed by atoms with Crippen LogP contribution >= 0.6 is 0 Å². The first-order chi connectivity index (χ1) is 12.6. The Morgan fingerprint density at radius 3 is 2.69 bits per heavy atom. The summed E-state index contributed by atoms with van der Waals surface area (Å²) in [7, 11) is 0. The average molecular weight is 361 g/mol. The van der Waals surface area contributed by atoms with Crippen molar-refractivity contribution in [3.8, 4) is 0 Å². The second kappa shape index (κ2) is 10.5. The molecule has 1 aromatic rings. The summed E-state index contributed by atoms with van der Waals surface area (Å²) in [6.45, 7) is 2.48. The molecule has 2 amide bonds. The van der Waals surface area contributed by atoms with E-state index in [2.05, 4.69) is 20.6 Å². The lowest BCUT2D eigenvalue weighted by Gasteiger charge is -2.21. The second-order valence-electron chi connectivity index (χ2n) is 6.69. The van der Waals surface area contributed by atoms with Gasteiger partial charge in [-0.15, -0.1) is 0 Å². The lowest BCUT2D eigenvalue weighted by molar-refractivity contribution is -0.124. The van der Waals surface area contributed by atoms with Gasteiger partial charge in [0.2, 0.25) is 5.91 Å². The zero-order chi connectivity index (χ0) is 18.8. The van der Waals surface area contributed by atoms with E-state index in [9.17, 15) is 9.59 Å². The predicted octanol–water partition coefficient (Wildman–Crippen LogP) is 1.88. The maximum Gasteiger partial charge on any atom is 0.267 e. The van der Waals surface area contributed by atoms with Crippen molar-refractivity contribution in [1.29, 1.82) is 0 Å². The maximum atomic E-state index is 12.0. The molecule has 0 aromatic carbocycles. The third-order valence-electron chi connectivity index (χ3n) is 4.39.